The molecule has 0 radical (unpaired) electrons. The van der Waals surface area contributed by atoms with Gasteiger partial charge in [-0.05, 0) is 33.3 Å². The Morgan fingerprint density at radius 2 is 1.71 bits per heavy atom. The lowest BCUT2D eigenvalue weighted by Crippen LogP contribution is -2.50. The van der Waals surface area contributed by atoms with Gasteiger partial charge in [-0.3, -0.25) is 9.00 Å². The number of nitrogens with two attached hydrogens (primary N) is 1. The molecule has 0 saturated heterocycles. The highest BCUT2D eigenvalue weighted by molar-refractivity contribution is 7.86. The van der Waals surface area contributed by atoms with Crippen LogP contribution in [0, 0.1) is 0 Å². The second-order valence-corrected chi connectivity index (χ2v) is 8.31. The molecule has 0 aliphatic heterocycles. The third kappa shape index (κ3) is 5.77. The van der Waals surface area contributed by atoms with Gasteiger partial charge in [0.1, 0.15) is 5.54 Å². The maximum atomic E-state index is 12.2. The molecule has 0 fully saturated rings. The molecule has 3 N–H and O–H groups in total. The average Bonchev–Trinajstić information content (AvgIpc) is 2.38. The van der Waals surface area contributed by atoms with Crippen LogP contribution in [0.25, 0.3) is 0 Å². The maximum Gasteiger partial charge on any atom is 0.244 e. The normalized spacial score (nSPS) is 15.5. The first-order valence-corrected chi connectivity index (χ1v) is 7.99. The van der Waals surface area contributed by atoms with Crippen molar-refractivity contribution in [2.24, 2.45) is 5.73 Å². The number of benzene rings is 1. The van der Waals surface area contributed by atoms with Crippen LogP contribution in [0.2, 0.25) is 0 Å². The number of rotatable bonds is 5. The first-order chi connectivity index (χ1) is 9.15. The molecule has 120 valence electrons. The van der Waals surface area contributed by atoms with E-state index in [0.717, 1.165) is 5.56 Å². The van der Waals surface area contributed by atoms with E-state index in [1.54, 1.807) is 6.92 Å². The molecule has 21 heavy (non-hydrogen) atoms. The fourth-order valence-electron chi connectivity index (χ4n) is 1.66. The Bertz CT molecular complexity index is 484. The van der Waals surface area contributed by atoms with Crippen molar-refractivity contribution in [1.29, 1.82) is 0 Å². The Hall–Kier alpha value is -0.910. The van der Waals surface area contributed by atoms with E-state index in [1.807, 2.05) is 51.1 Å². The molecule has 4 nitrogen and oxygen atoms in total. The van der Waals surface area contributed by atoms with E-state index in [2.05, 4.69) is 5.32 Å². The molecule has 2 unspecified atom stereocenters. The molecule has 0 saturated carbocycles. The van der Waals surface area contributed by atoms with Crippen molar-refractivity contribution in [1.82, 2.24) is 5.32 Å². The monoisotopic (exact) mass is 332 g/mol. The first kappa shape index (κ1) is 20.1. The number of carbonyl (C=O) groups is 1. The van der Waals surface area contributed by atoms with Crippen molar-refractivity contribution < 1.29 is 9.00 Å². The highest BCUT2D eigenvalue weighted by Crippen LogP contribution is 2.17. The van der Waals surface area contributed by atoms with Crippen LogP contribution in [0.1, 0.15) is 33.3 Å². The van der Waals surface area contributed by atoms with E-state index in [0.29, 0.717) is 12.3 Å². The Labute approximate surface area is 135 Å². The van der Waals surface area contributed by atoms with E-state index in [1.165, 1.54) is 0 Å². The van der Waals surface area contributed by atoms with Crippen LogP contribution in [0.5, 0.6) is 0 Å². The van der Waals surface area contributed by atoms with Crippen LogP contribution in [-0.4, -0.2) is 27.2 Å². The molecule has 6 heteroatoms. The smallest absolute Gasteiger partial charge is 0.244 e. The van der Waals surface area contributed by atoms with Gasteiger partial charge in [-0.2, -0.15) is 0 Å². The van der Waals surface area contributed by atoms with Crippen molar-refractivity contribution in [3.63, 3.8) is 0 Å². The molecule has 2 atom stereocenters. The van der Waals surface area contributed by atoms with Crippen LogP contribution in [0.3, 0.4) is 0 Å². The molecule has 0 bridgehead atoms. The summed E-state index contributed by atoms with van der Waals surface area (Å²) in [5.74, 6) is 0.176. The van der Waals surface area contributed by atoms with Crippen molar-refractivity contribution in [3.8, 4) is 0 Å². The third-order valence-electron chi connectivity index (χ3n) is 3.10. The minimum atomic E-state index is -1.08. The van der Waals surface area contributed by atoms with Gasteiger partial charge in [0.15, 0.2) is 0 Å². The van der Waals surface area contributed by atoms with E-state index < -0.39 is 16.3 Å². The minimum absolute atomic E-state index is 0. The predicted molar refractivity (Wildman–Crippen MR) is 91.0 cm³/mol. The van der Waals surface area contributed by atoms with Gasteiger partial charge in [0.2, 0.25) is 5.91 Å². The summed E-state index contributed by atoms with van der Waals surface area (Å²) >= 11 is 0. The summed E-state index contributed by atoms with van der Waals surface area (Å²) < 4.78 is 11.6. The summed E-state index contributed by atoms with van der Waals surface area (Å²) in [7, 11) is -0.981. The van der Waals surface area contributed by atoms with Crippen molar-refractivity contribution >= 4 is 29.1 Å². The van der Waals surface area contributed by atoms with Gasteiger partial charge >= 0.3 is 0 Å². The molecule has 1 rings (SSSR count). The van der Waals surface area contributed by atoms with Crippen LogP contribution in [-0.2, 0) is 21.1 Å². The average molecular weight is 333 g/mol. The Balaban J connectivity index is 0.00000400. The van der Waals surface area contributed by atoms with Crippen LogP contribution in [0.4, 0.5) is 0 Å². The summed E-state index contributed by atoms with van der Waals surface area (Å²) in [6.07, 6.45) is 0. The molecule has 0 spiro atoms. The zero-order valence-corrected chi connectivity index (χ0v) is 14.6. The SMILES string of the molecule is CC(N)(C(=O)NCCS(=O)C(C)(C)C)c1ccccc1.Cl. The van der Waals surface area contributed by atoms with E-state index in [4.69, 9.17) is 5.73 Å². The molecule has 0 aliphatic rings. The second kappa shape index (κ2) is 7.92. The second-order valence-electron chi connectivity index (χ2n) is 5.99. The van der Waals surface area contributed by atoms with Crippen LogP contribution >= 0.6 is 12.4 Å². The number of nitrogens with one attached hydrogen (secondary N) is 1. The zero-order chi connectivity index (χ0) is 15.4. The summed E-state index contributed by atoms with van der Waals surface area (Å²) in [6, 6.07) is 9.23. The largest absolute Gasteiger partial charge is 0.353 e. The standard InChI is InChI=1S/C15H24N2O2S.ClH/c1-14(2,3)20(19)11-10-17-13(18)15(4,16)12-8-6-5-7-9-12;/h5-9H,10-11,16H2,1-4H3,(H,17,18);1H. The molecule has 1 aromatic carbocycles. The zero-order valence-electron chi connectivity index (χ0n) is 13.0. The number of amides is 1. The van der Waals surface area contributed by atoms with Crippen molar-refractivity contribution in [2.75, 3.05) is 12.3 Å². The van der Waals surface area contributed by atoms with Gasteiger partial charge in [-0.15, -0.1) is 12.4 Å². The summed E-state index contributed by atoms with van der Waals surface area (Å²) in [5, 5.41) is 2.77. The Kier molecular flexibility index (Phi) is 7.57. The third-order valence-corrected chi connectivity index (χ3v) is 5.04. The molecule has 1 aromatic rings. The lowest BCUT2D eigenvalue weighted by molar-refractivity contribution is -0.125. The van der Waals surface area contributed by atoms with Crippen molar-refractivity contribution in [3.05, 3.63) is 35.9 Å². The number of carbonyl (C=O) groups excluding carboxylic acids is 1. The predicted octanol–water partition coefficient (Wildman–Crippen LogP) is 1.95. The van der Waals surface area contributed by atoms with E-state index in [9.17, 15) is 9.00 Å². The fraction of sp³-hybridized carbons (Fsp3) is 0.533. The highest BCUT2D eigenvalue weighted by Gasteiger charge is 2.30. The molecule has 0 aromatic heterocycles. The minimum Gasteiger partial charge on any atom is -0.353 e. The topological polar surface area (TPSA) is 72.2 Å². The van der Waals surface area contributed by atoms with Gasteiger partial charge in [-0.25, -0.2) is 0 Å². The van der Waals surface area contributed by atoms with Gasteiger partial charge in [0.25, 0.3) is 0 Å². The van der Waals surface area contributed by atoms with E-state index in [-0.39, 0.29) is 23.1 Å². The first-order valence-electron chi connectivity index (χ1n) is 6.67. The van der Waals surface area contributed by atoms with Crippen molar-refractivity contribution in [2.45, 2.75) is 38.0 Å². The van der Waals surface area contributed by atoms with Gasteiger partial charge < -0.3 is 11.1 Å². The van der Waals surface area contributed by atoms with Crippen LogP contribution < -0.4 is 11.1 Å². The fourth-order valence-corrected chi connectivity index (χ4v) is 2.56. The maximum absolute atomic E-state index is 12.2. The quantitative estimate of drug-likeness (QED) is 0.865. The van der Waals surface area contributed by atoms with Gasteiger partial charge in [0, 0.05) is 27.8 Å². The molecule has 1 amide bonds. The number of hydrogen-bond acceptors (Lipinski definition) is 3. The lowest BCUT2D eigenvalue weighted by Gasteiger charge is -2.24. The molecular weight excluding hydrogens is 308 g/mol. The highest BCUT2D eigenvalue weighted by atomic mass is 35.5. The molecule has 0 aliphatic carbocycles. The summed E-state index contributed by atoms with van der Waals surface area (Å²) in [4.78, 5) is 12.2. The number of halogens is 1. The summed E-state index contributed by atoms with van der Waals surface area (Å²) in [6.45, 7) is 7.80. The molecule has 0 heterocycles. The lowest BCUT2D eigenvalue weighted by atomic mass is 9.92. The number of hydrogen-bond donors (Lipinski definition) is 2. The van der Waals surface area contributed by atoms with Gasteiger partial charge in [-0.1, -0.05) is 30.3 Å². The summed E-state index contributed by atoms with van der Waals surface area (Å²) in [5.41, 5.74) is 5.78. The van der Waals surface area contributed by atoms with Gasteiger partial charge in [0.05, 0.1) is 0 Å². The molecular formula is C15H25ClN2O2S. The van der Waals surface area contributed by atoms with Crippen LogP contribution in [0.15, 0.2) is 30.3 Å². The van der Waals surface area contributed by atoms with E-state index >= 15 is 0 Å². The Morgan fingerprint density at radius 1 is 1.19 bits per heavy atom. The Morgan fingerprint density at radius 3 is 2.19 bits per heavy atom.